The highest BCUT2D eigenvalue weighted by atomic mass is 127. The largest absolute Gasteiger partial charge is 0.322 e. The quantitative estimate of drug-likeness (QED) is 0.864. The van der Waals surface area contributed by atoms with Gasteiger partial charge in [-0.15, -0.1) is 21.5 Å². The van der Waals surface area contributed by atoms with E-state index in [1.807, 2.05) is 0 Å². The average molecular weight is 351 g/mol. The van der Waals surface area contributed by atoms with Gasteiger partial charge in [-0.1, -0.05) is 18.3 Å². The topological polar surface area (TPSA) is 51.8 Å². The van der Waals surface area contributed by atoms with Crippen molar-refractivity contribution < 1.29 is 0 Å². The van der Waals surface area contributed by atoms with Crippen LogP contribution in [0.2, 0.25) is 0 Å². The van der Waals surface area contributed by atoms with Crippen LogP contribution in [0.25, 0.3) is 10.6 Å². The third-order valence-corrected chi connectivity index (χ3v) is 4.91. The standard InChI is InChI=1S/C9H10IN3S2/c1-2-6(11)9-13-12-8(15-9)5-3-7(10)14-4-5/h3-4,6H,2,11H2,1H3. The van der Waals surface area contributed by atoms with Crippen LogP contribution in [0, 0.1) is 2.88 Å². The maximum absolute atomic E-state index is 5.90. The predicted molar refractivity (Wildman–Crippen MR) is 73.2 cm³/mol. The summed E-state index contributed by atoms with van der Waals surface area (Å²) in [5.41, 5.74) is 7.05. The van der Waals surface area contributed by atoms with Crippen LogP contribution in [-0.2, 0) is 0 Å². The van der Waals surface area contributed by atoms with Crippen LogP contribution in [0.15, 0.2) is 11.4 Å². The lowest BCUT2D eigenvalue weighted by Crippen LogP contribution is -2.07. The third kappa shape index (κ3) is 2.55. The van der Waals surface area contributed by atoms with Gasteiger partial charge in [0.05, 0.1) is 8.93 Å². The summed E-state index contributed by atoms with van der Waals surface area (Å²) < 4.78 is 1.26. The molecule has 2 heterocycles. The van der Waals surface area contributed by atoms with Gasteiger partial charge in [-0.25, -0.2) is 0 Å². The van der Waals surface area contributed by atoms with Gasteiger partial charge in [0.1, 0.15) is 10.0 Å². The first kappa shape index (κ1) is 11.4. The lowest BCUT2D eigenvalue weighted by molar-refractivity contribution is 0.683. The molecule has 0 aliphatic carbocycles. The van der Waals surface area contributed by atoms with E-state index >= 15 is 0 Å². The minimum atomic E-state index is 0.0222. The van der Waals surface area contributed by atoms with Crippen LogP contribution in [0.1, 0.15) is 24.4 Å². The average Bonchev–Trinajstić information content (AvgIpc) is 2.84. The van der Waals surface area contributed by atoms with Gasteiger partial charge in [0.15, 0.2) is 0 Å². The van der Waals surface area contributed by atoms with Crippen molar-refractivity contribution in [3.8, 4) is 10.6 Å². The molecule has 1 unspecified atom stereocenters. The summed E-state index contributed by atoms with van der Waals surface area (Å²) in [7, 11) is 0. The molecule has 80 valence electrons. The summed E-state index contributed by atoms with van der Waals surface area (Å²) in [6, 6.07) is 2.14. The van der Waals surface area contributed by atoms with Gasteiger partial charge >= 0.3 is 0 Å². The van der Waals surface area contributed by atoms with E-state index in [-0.39, 0.29) is 6.04 Å². The molecule has 0 radical (unpaired) electrons. The Morgan fingerprint density at radius 2 is 2.33 bits per heavy atom. The van der Waals surface area contributed by atoms with Crippen molar-refractivity contribution in [2.75, 3.05) is 0 Å². The number of hydrogen-bond acceptors (Lipinski definition) is 5. The van der Waals surface area contributed by atoms with Gasteiger partial charge in [-0.3, -0.25) is 0 Å². The molecule has 0 aromatic carbocycles. The number of halogens is 1. The molecule has 2 aromatic heterocycles. The van der Waals surface area contributed by atoms with Gasteiger partial charge < -0.3 is 5.73 Å². The van der Waals surface area contributed by atoms with Crippen molar-refractivity contribution in [1.29, 1.82) is 0 Å². The molecule has 0 fully saturated rings. The van der Waals surface area contributed by atoms with Gasteiger partial charge in [-0.05, 0) is 35.1 Å². The Morgan fingerprint density at radius 1 is 1.53 bits per heavy atom. The Bertz CT molecular complexity index is 452. The second kappa shape index (κ2) is 4.86. The lowest BCUT2D eigenvalue weighted by Gasteiger charge is -2.00. The summed E-state index contributed by atoms with van der Waals surface area (Å²) in [5.74, 6) is 0. The smallest absolute Gasteiger partial charge is 0.148 e. The number of aromatic nitrogens is 2. The van der Waals surface area contributed by atoms with Crippen LogP contribution < -0.4 is 5.73 Å². The van der Waals surface area contributed by atoms with Crippen molar-refractivity contribution in [2.45, 2.75) is 19.4 Å². The van der Waals surface area contributed by atoms with E-state index in [4.69, 9.17) is 5.73 Å². The Hall–Kier alpha value is -0.0500. The maximum atomic E-state index is 5.90. The molecule has 0 aliphatic rings. The molecule has 2 aromatic rings. The first-order valence-corrected chi connectivity index (χ1v) is 7.31. The number of thiophene rings is 1. The van der Waals surface area contributed by atoms with Gasteiger partial charge in [0.25, 0.3) is 0 Å². The van der Waals surface area contributed by atoms with Crippen LogP contribution in [0.4, 0.5) is 0 Å². The summed E-state index contributed by atoms with van der Waals surface area (Å²) in [5, 5.41) is 12.3. The molecule has 0 bridgehead atoms. The minimum Gasteiger partial charge on any atom is -0.322 e. The van der Waals surface area contributed by atoms with Crippen molar-refractivity contribution in [3.63, 3.8) is 0 Å². The third-order valence-electron chi connectivity index (χ3n) is 2.01. The van der Waals surface area contributed by atoms with Crippen molar-refractivity contribution >= 4 is 45.3 Å². The van der Waals surface area contributed by atoms with E-state index in [9.17, 15) is 0 Å². The second-order valence-corrected chi connectivity index (χ2v) is 6.91. The Labute approximate surface area is 110 Å². The van der Waals surface area contributed by atoms with Crippen LogP contribution >= 0.6 is 45.3 Å². The zero-order valence-electron chi connectivity index (χ0n) is 8.11. The fourth-order valence-electron chi connectivity index (χ4n) is 1.10. The van der Waals surface area contributed by atoms with E-state index < -0.39 is 0 Å². The SMILES string of the molecule is CCC(N)c1nnc(-c2csc(I)c2)s1. The molecule has 15 heavy (non-hydrogen) atoms. The van der Waals surface area contributed by atoms with Crippen molar-refractivity contribution in [2.24, 2.45) is 5.73 Å². The molecule has 2 N–H and O–H groups in total. The van der Waals surface area contributed by atoms with E-state index in [2.05, 4.69) is 51.2 Å². The minimum absolute atomic E-state index is 0.0222. The molecule has 2 rings (SSSR count). The summed E-state index contributed by atoms with van der Waals surface area (Å²) >= 11 is 5.61. The van der Waals surface area contributed by atoms with Gasteiger partial charge in [0.2, 0.25) is 0 Å². The van der Waals surface area contributed by atoms with E-state index in [0.717, 1.165) is 22.0 Å². The first-order valence-electron chi connectivity index (χ1n) is 4.54. The molecular weight excluding hydrogens is 341 g/mol. The molecule has 0 aliphatic heterocycles. The number of nitrogens with zero attached hydrogens (tertiary/aromatic N) is 2. The fourth-order valence-corrected chi connectivity index (χ4v) is 3.42. The zero-order chi connectivity index (χ0) is 10.8. The fraction of sp³-hybridized carbons (Fsp3) is 0.333. The Morgan fingerprint density at radius 3 is 2.93 bits per heavy atom. The Balaban J connectivity index is 2.27. The van der Waals surface area contributed by atoms with E-state index in [1.165, 1.54) is 2.88 Å². The lowest BCUT2D eigenvalue weighted by atomic mass is 10.3. The Kier molecular flexibility index (Phi) is 3.70. The molecule has 0 saturated heterocycles. The van der Waals surface area contributed by atoms with E-state index in [1.54, 1.807) is 22.7 Å². The number of rotatable bonds is 3. The molecular formula is C9H10IN3S2. The zero-order valence-corrected chi connectivity index (χ0v) is 11.9. The van der Waals surface area contributed by atoms with Crippen LogP contribution in [0.5, 0.6) is 0 Å². The van der Waals surface area contributed by atoms with Gasteiger partial charge in [0, 0.05) is 10.9 Å². The predicted octanol–water partition coefficient (Wildman–Crippen LogP) is 3.28. The van der Waals surface area contributed by atoms with Crippen LogP contribution in [-0.4, -0.2) is 10.2 Å². The number of hydrogen-bond donors (Lipinski definition) is 1. The molecule has 0 spiro atoms. The molecule has 3 nitrogen and oxygen atoms in total. The monoisotopic (exact) mass is 351 g/mol. The maximum Gasteiger partial charge on any atom is 0.148 e. The van der Waals surface area contributed by atoms with Gasteiger partial charge in [-0.2, -0.15) is 0 Å². The highest BCUT2D eigenvalue weighted by Crippen LogP contribution is 2.30. The molecule has 0 saturated carbocycles. The normalized spacial score (nSPS) is 13.0. The summed E-state index contributed by atoms with van der Waals surface area (Å²) in [6.07, 6.45) is 0.899. The second-order valence-electron chi connectivity index (χ2n) is 3.10. The van der Waals surface area contributed by atoms with E-state index in [0.29, 0.717) is 0 Å². The molecule has 0 amide bonds. The number of nitrogens with two attached hydrogens (primary N) is 1. The van der Waals surface area contributed by atoms with Crippen LogP contribution in [0.3, 0.4) is 0 Å². The summed E-state index contributed by atoms with van der Waals surface area (Å²) in [6.45, 7) is 2.05. The first-order chi connectivity index (χ1) is 7.20. The highest BCUT2D eigenvalue weighted by Gasteiger charge is 2.12. The van der Waals surface area contributed by atoms with Crippen molar-refractivity contribution in [1.82, 2.24) is 10.2 Å². The molecule has 6 heteroatoms. The highest BCUT2D eigenvalue weighted by molar-refractivity contribution is 14.1. The molecule has 1 atom stereocenters. The van der Waals surface area contributed by atoms with Crippen molar-refractivity contribution in [3.05, 3.63) is 19.3 Å². The summed E-state index contributed by atoms with van der Waals surface area (Å²) in [4.78, 5) is 0.